The molecule has 0 aliphatic carbocycles. The molecule has 1 amide bonds. The minimum Gasteiger partial charge on any atom is -0.419 e. The fourth-order valence-electron chi connectivity index (χ4n) is 4.18. The van der Waals surface area contributed by atoms with E-state index < -0.39 is 4.92 Å². The van der Waals surface area contributed by atoms with Gasteiger partial charge in [-0.25, -0.2) is 0 Å². The minimum absolute atomic E-state index is 0.0621. The van der Waals surface area contributed by atoms with Crippen molar-refractivity contribution >= 4 is 28.9 Å². The molecule has 2 aromatic carbocycles. The van der Waals surface area contributed by atoms with Gasteiger partial charge in [-0.05, 0) is 56.9 Å². The summed E-state index contributed by atoms with van der Waals surface area (Å²) < 4.78 is 5.77. The molecule has 1 aliphatic rings. The first-order chi connectivity index (χ1) is 16.7. The molecule has 3 aromatic rings. The number of nitro benzene ring substituents is 1. The minimum atomic E-state index is -0.419. The van der Waals surface area contributed by atoms with Gasteiger partial charge in [0, 0.05) is 30.8 Å². The van der Waals surface area contributed by atoms with Crippen molar-refractivity contribution in [2.45, 2.75) is 46.2 Å². The summed E-state index contributed by atoms with van der Waals surface area (Å²) in [5.74, 6) is 0.765. The standard InChI is InChI=1S/C25H28ClN5O4/c1-16(2)30(15-23-27-28-24(35-23)19-6-4-5-7-20(19)26)25(32)18-8-9-21(22(14-18)31(33)34)29-12-10-17(3)11-13-29/h4-9,14,16-17H,10-13,15H2,1-3H3. The normalized spacial score (nSPS) is 14.4. The Bertz CT molecular complexity index is 1220. The number of rotatable bonds is 7. The molecule has 1 fully saturated rings. The van der Waals surface area contributed by atoms with Crippen molar-refractivity contribution in [1.82, 2.24) is 15.1 Å². The van der Waals surface area contributed by atoms with Crippen LogP contribution < -0.4 is 4.90 Å². The number of carbonyl (C=O) groups excluding carboxylic acids is 1. The molecule has 9 nitrogen and oxygen atoms in total. The second-order valence-corrected chi connectivity index (χ2v) is 9.54. The monoisotopic (exact) mass is 497 g/mol. The highest BCUT2D eigenvalue weighted by Crippen LogP contribution is 2.33. The molecule has 1 saturated heterocycles. The first kappa shape index (κ1) is 24.7. The molecule has 184 valence electrons. The molecule has 0 bridgehead atoms. The molecule has 35 heavy (non-hydrogen) atoms. The Morgan fingerprint density at radius 1 is 1.23 bits per heavy atom. The summed E-state index contributed by atoms with van der Waals surface area (Å²) in [6.45, 7) is 7.50. The van der Waals surface area contributed by atoms with E-state index in [9.17, 15) is 14.9 Å². The summed E-state index contributed by atoms with van der Waals surface area (Å²) in [6.07, 6.45) is 1.97. The molecule has 0 atom stereocenters. The van der Waals surface area contributed by atoms with Crippen LogP contribution >= 0.6 is 11.6 Å². The van der Waals surface area contributed by atoms with E-state index in [4.69, 9.17) is 16.0 Å². The second kappa shape index (κ2) is 10.4. The van der Waals surface area contributed by atoms with E-state index in [1.807, 2.05) is 24.8 Å². The maximum Gasteiger partial charge on any atom is 0.293 e. The highest BCUT2D eigenvalue weighted by atomic mass is 35.5. The number of piperidine rings is 1. The zero-order valence-electron chi connectivity index (χ0n) is 20.0. The van der Waals surface area contributed by atoms with Crippen molar-refractivity contribution in [2.24, 2.45) is 5.92 Å². The van der Waals surface area contributed by atoms with Gasteiger partial charge >= 0.3 is 0 Å². The summed E-state index contributed by atoms with van der Waals surface area (Å²) in [4.78, 5) is 28.4. The van der Waals surface area contributed by atoms with E-state index in [0.717, 1.165) is 25.9 Å². The molecule has 0 radical (unpaired) electrons. The summed E-state index contributed by atoms with van der Waals surface area (Å²) in [7, 11) is 0. The van der Waals surface area contributed by atoms with Crippen molar-refractivity contribution in [3.8, 4) is 11.5 Å². The predicted molar refractivity (Wildman–Crippen MR) is 133 cm³/mol. The summed E-state index contributed by atoms with van der Waals surface area (Å²) in [5.41, 5.74) is 1.34. The predicted octanol–water partition coefficient (Wildman–Crippen LogP) is 5.59. The Morgan fingerprint density at radius 2 is 1.94 bits per heavy atom. The second-order valence-electron chi connectivity index (χ2n) is 9.14. The fourth-order valence-corrected chi connectivity index (χ4v) is 4.40. The number of aromatic nitrogens is 2. The number of benzene rings is 2. The van der Waals surface area contributed by atoms with Gasteiger partial charge in [0.1, 0.15) is 5.69 Å². The van der Waals surface area contributed by atoms with Gasteiger partial charge in [-0.15, -0.1) is 10.2 Å². The van der Waals surface area contributed by atoms with Gasteiger partial charge in [-0.2, -0.15) is 0 Å². The number of nitro groups is 1. The van der Waals surface area contributed by atoms with Crippen molar-refractivity contribution in [3.05, 3.63) is 69.1 Å². The molecule has 0 saturated carbocycles. The van der Waals surface area contributed by atoms with Crippen molar-refractivity contribution in [2.75, 3.05) is 18.0 Å². The van der Waals surface area contributed by atoms with E-state index in [-0.39, 0.29) is 41.5 Å². The quantitative estimate of drug-likeness (QED) is 0.309. The molecule has 1 aliphatic heterocycles. The van der Waals surface area contributed by atoms with Gasteiger partial charge in [0.05, 0.1) is 22.1 Å². The summed E-state index contributed by atoms with van der Waals surface area (Å²) in [5, 5.41) is 20.5. The highest BCUT2D eigenvalue weighted by molar-refractivity contribution is 6.33. The third-order valence-electron chi connectivity index (χ3n) is 6.30. The van der Waals surface area contributed by atoms with Crippen LogP contribution in [0.1, 0.15) is 49.9 Å². The van der Waals surface area contributed by atoms with Crippen LogP contribution in [0.25, 0.3) is 11.5 Å². The first-order valence-electron chi connectivity index (χ1n) is 11.7. The van der Waals surface area contributed by atoms with Crippen molar-refractivity contribution in [3.63, 3.8) is 0 Å². The maximum absolute atomic E-state index is 13.4. The zero-order chi connectivity index (χ0) is 25.1. The third kappa shape index (κ3) is 5.45. The Kier molecular flexibility index (Phi) is 7.35. The van der Waals surface area contributed by atoms with E-state index >= 15 is 0 Å². The fraction of sp³-hybridized carbons (Fsp3) is 0.400. The average molecular weight is 498 g/mol. The van der Waals surface area contributed by atoms with E-state index in [1.54, 1.807) is 35.2 Å². The molecule has 2 heterocycles. The van der Waals surface area contributed by atoms with Crippen LogP contribution in [-0.4, -0.2) is 45.1 Å². The molecule has 10 heteroatoms. The van der Waals surface area contributed by atoms with Crippen molar-refractivity contribution in [1.29, 1.82) is 0 Å². The number of nitrogens with zero attached hydrogens (tertiary/aromatic N) is 5. The molecule has 0 N–H and O–H groups in total. The van der Waals surface area contributed by atoms with Crippen LogP contribution in [0, 0.1) is 16.0 Å². The Morgan fingerprint density at radius 3 is 2.60 bits per heavy atom. The lowest BCUT2D eigenvalue weighted by Crippen LogP contribution is -2.37. The number of amides is 1. The van der Waals surface area contributed by atoms with Crippen LogP contribution in [0.3, 0.4) is 0 Å². The SMILES string of the molecule is CC1CCN(c2ccc(C(=O)N(Cc3nnc(-c4ccccc4Cl)o3)C(C)C)cc2[N+](=O)[O-])CC1. The topological polar surface area (TPSA) is 106 Å². The van der Waals surface area contributed by atoms with Crippen LogP contribution in [0.2, 0.25) is 5.02 Å². The zero-order valence-corrected chi connectivity index (χ0v) is 20.7. The Labute approximate surface area is 208 Å². The molecular formula is C25H28ClN5O4. The molecule has 4 rings (SSSR count). The van der Waals surface area contributed by atoms with Gasteiger partial charge in [-0.1, -0.05) is 30.7 Å². The number of halogens is 1. The van der Waals surface area contributed by atoms with Crippen LogP contribution in [-0.2, 0) is 6.54 Å². The molecular weight excluding hydrogens is 470 g/mol. The van der Waals surface area contributed by atoms with E-state index in [0.29, 0.717) is 22.2 Å². The number of hydrogen-bond donors (Lipinski definition) is 0. The number of hydrogen-bond acceptors (Lipinski definition) is 7. The highest BCUT2D eigenvalue weighted by Gasteiger charge is 2.28. The summed E-state index contributed by atoms with van der Waals surface area (Å²) in [6, 6.07) is 11.6. The van der Waals surface area contributed by atoms with E-state index in [1.165, 1.54) is 6.07 Å². The molecule has 0 unspecified atom stereocenters. The van der Waals surface area contributed by atoms with Crippen molar-refractivity contribution < 1.29 is 14.1 Å². The lowest BCUT2D eigenvalue weighted by molar-refractivity contribution is -0.384. The summed E-state index contributed by atoms with van der Waals surface area (Å²) >= 11 is 6.22. The van der Waals surface area contributed by atoms with Gasteiger partial charge in [0.25, 0.3) is 11.6 Å². The first-order valence-corrected chi connectivity index (χ1v) is 12.0. The number of carbonyl (C=O) groups is 1. The van der Waals surface area contributed by atoms with Crippen LogP contribution in [0.4, 0.5) is 11.4 Å². The lowest BCUT2D eigenvalue weighted by atomic mass is 9.98. The van der Waals surface area contributed by atoms with Gasteiger partial charge < -0.3 is 14.2 Å². The molecule has 0 spiro atoms. The Hall–Kier alpha value is -3.46. The maximum atomic E-state index is 13.4. The average Bonchev–Trinajstić information content (AvgIpc) is 3.31. The van der Waals surface area contributed by atoms with Gasteiger partial charge in [-0.3, -0.25) is 14.9 Å². The van der Waals surface area contributed by atoms with Crippen LogP contribution in [0.15, 0.2) is 46.9 Å². The molecule has 1 aromatic heterocycles. The smallest absolute Gasteiger partial charge is 0.293 e. The van der Waals surface area contributed by atoms with Crippen LogP contribution in [0.5, 0.6) is 0 Å². The number of anilines is 1. The van der Waals surface area contributed by atoms with E-state index in [2.05, 4.69) is 17.1 Å². The van der Waals surface area contributed by atoms with Gasteiger partial charge in [0.15, 0.2) is 0 Å². The largest absolute Gasteiger partial charge is 0.419 e. The van der Waals surface area contributed by atoms with Gasteiger partial charge in [0.2, 0.25) is 11.8 Å². The third-order valence-corrected chi connectivity index (χ3v) is 6.63. The Balaban J connectivity index is 1.57. The lowest BCUT2D eigenvalue weighted by Gasteiger charge is -2.32.